The number of carbonyl (C=O) groups is 1. The minimum Gasteiger partial charge on any atom is -0.484 e. The van der Waals surface area contributed by atoms with Crippen LogP contribution in [0.4, 0.5) is 0 Å². The molecule has 1 amide bonds. The van der Waals surface area contributed by atoms with Crippen LogP contribution in [-0.4, -0.2) is 35.6 Å². The van der Waals surface area contributed by atoms with Gasteiger partial charge in [-0.3, -0.25) is 4.79 Å². The van der Waals surface area contributed by atoms with Gasteiger partial charge in [0.15, 0.2) is 6.61 Å². The van der Waals surface area contributed by atoms with Crippen LogP contribution in [0.5, 0.6) is 5.75 Å². The van der Waals surface area contributed by atoms with E-state index in [1.165, 1.54) is 12.8 Å². The predicted molar refractivity (Wildman–Crippen MR) is 77.6 cm³/mol. The SMILES string of the molecule is CC(O)c1cccc(OCC(=O)N2CCCCCC2)c1. The van der Waals surface area contributed by atoms with Crippen molar-refractivity contribution < 1.29 is 14.6 Å². The molecule has 1 aromatic carbocycles. The largest absolute Gasteiger partial charge is 0.484 e. The smallest absolute Gasteiger partial charge is 0.260 e. The van der Waals surface area contributed by atoms with Gasteiger partial charge in [0.05, 0.1) is 6.10 Å². The van der Waals surface area contributed by atoms with Crippen molar-refractivity contribution in [3.8, 4) is 5.75 Å². The molecule has 1 N–H and O–H groups in total. The number of ether oxygens (including phenoxy) is 1. The van der Waals surface area contributed by atoms with Gasteiger partial charge in [-0.1, -0.05) is 25.0 Å². The third kappa shape index (κ3) is 4.23. The normalized spacial score (nSPS) is 17.4. The summed E-state index contributed by atoms with van der Waals surface area (Å²) >= 11 is 0. The zero-order valence-corrected chi connectivity index (χ0v) is 12.0. The summed E-state index contributed by atoms with van der Waals surface area (Å²) in [6, 6.07) is 7.25. The fraction of sp³-hybridized carbons (Fsp3) is 0.562. The zero-order chi connectivity index (χ0) is 14.4. The second-order valence-electron chi connectivity index (χ2n) is 5.33. The van der Waals surface area contributed by atoms with E-state index in [1.807, 2.05) is 23.1 Å². The van der Waals surface area contributed by atoms with E-state index in [4.69, 9.17) is 4.74 Å². The third-order valence-electron chi connectivity index (χ3n) is 3.66. The Bertz CT molecular complexity index is 437. The molecular formula is C16H23NO3. The fourth-order valence-corrected chi connectivity index (χ4v) is 2.42. The van der Waals surface area contributed by atoms with Gasteiger partial charge in [0.2, 0.25) is 0 Å². The van der Waals surface area contributed by atoms with E-state index in [1.54, 1.807) is 13.0 Å². The molecule has 0 bridgehead atoms. The number of likely N-dealkylation sites (tertiary alicyclic amines) is 1. The Labute approximate surface area is 120 Å². The van der Waals surface area contributed by atoms with Gasteiger partial charge >= 0.3 is 0 Å². The first-order chi connectivity index (χ1) is 9.66. The van der Waals surface area contributed by atoms with E-state index in [-0.39, 0.29) is 12.5 Å². The molecule has 1 aromatic rings. The highest BCUT2D eigenvalue weighted by Gasteiger charge is 2.15. The lowest BCUT2D eigenvalue weighted by atomic mass is 10.1. The first-order valence-corrected chi connectivity index (χ1v) is 7.35. The summed E-state index contributed by atoms with van der Waals surface area (Å²) in [4.78, 5) is 14.0. The first kappa shape index (κ1) is 14.9. The summed E-state index contributed by atoms with van der Waals surface area (Å²) in [5, 5.41) is 9.53. The highest BCUT2D eigenvalue weighted by Crippen LogP contribution is 2.19. The summed E-state index contributed by atoms with van der Waals surface area (Å²) in [6.07, 6.45) is 4.06. The Kier molecular flexibility index (Phi) is 5.41. The maximum Gasteiger partial charge on any atom is 0.260 e. The number of amides is 1. The zero-order valence-electron chi connectivity index (χ0n) is 12.0. The van der Waals surface area contributed by atoms with Crippen LogP contribution >= 0.6 is 0 Å². The van der Waals surface area contributed by atoms with Crippen LogP contribution in [0.3, 0.4) is 0 Å². The third-order valence-corrected chi connectivity index (χ3v) is 3.66. The van der Waals surface area contributed by atoms with Crippen molar-refractivity contribution in [3.63, 3.8) is 0 Å². The minimum atomic E-state index is -0.528. The van der Waals surface area contributed by atoms with Crippen LogP contribution in [-0.2, 0) is 4.79 Å². The molecule has 1 aliphatic rings. The van der Waals surface area contributed by atoms with Gasteiger partial charge in [-0.25, -0.2) is 0 Å². The molecule has 0 spiro atoms. The molecule has 1 saturated heterocycles. The maximum atomic E-state index is 12.1. The van der Waals surface area contributed by atoms with Gasteiger partial charge in [-0.15, -0.1) is 0 Å². The van der Waals surface area contributed by atoms with E-state index in [0.717, 1.165) is 31.5 Å². The van der Waals surface area contributed by atoms with Crippen molar-refractivity contribution >= 4 is 5.91 Å². The molecule has 0 saturated carbocycles. The number of benzene rings is 1. The van der Waals surface area contributed by atoms with Crippen molar-refractivity contribution in [1.82, 2.24) is 4.90 Å². The lowest BCUT2D eigenvalue weighted by Crippen LogP contribution is -2.35. The van der Waals surface area contributed by atoms with Crippen LogP contribution in [0.25, 0.3) is 0 Å². The van der Waals surface area contributed by atoms with Crippen LogP contribution in [0.1, 0.15) is 44.3 Å². The average Bonchev–Trinajstić information content (AvgIpc) is 2.74. The summed E-state index contributed by atoms with van der Waals surface area (Å²) in [5.41, 5.74) is 0.796. The molecular weight excluding hydrogens is 254 g/mol. The van der Waals surface area contributed by atoms with Crippen molar-refractivity contribution in [2.75, 3.05) is 19.7 Å². The lowest BCUT2D eigenvalue weighted by Gasteiger charge is -2.20. The Balaban J connectivity index is 1.87. The molecule has 0 radical (unpaired) electrons. The van der Waals surface area contributed by atoms with Crippen LogP contribution in [0, 0.1) is 0 Å². The topological polar surface area (TPSA) is 49.8 Å². The van der Waals surface area contributed by atoms with E-state index < -0.39 is 6.10 Å². The summed E-state index contributed by atoms with van der Waals surface area (Å²) in [6.45, 7) is 3.47. The first-order valence-electron chi connectivity index (χ1n) is 7.35. The van der Waals surface area contributed by atoms with Crippen molar-refractivity contribution in [2.24, 2.45) is 0 Å². The molecule has 1 fully saturated rings. The number of carbonyl (C=O) groups excluding carboxylic acids is 1. The molecule has 4 heteroatoms. The number of hydrogen-bond donors (Lipinski definition) is 1. The lowest BCUT2D eigenvalue weighted by molar-refractivity contribution is -0.133. The van der Waals surface area contributed by atoms with Crippen LogP contribution < -0.4 is 4.74 Å². The molecule has 0 aromatic heterocycles. The van der Waals surface area contributed by atoms with Crippen molar-refractivity contribution in [1.29, 1.82) is 0 Å². The number of aliphatic hydroxyl groups is 1. The molecule has 1 aliphatic heterocycles. The number of aliphatic hydroxyl groups excluding tert-OH is 1. The monoisotopic (exact) mass is 277 g/mol. The van der Waals surface area contributed by atoms with Gasteiger partial charge < -0.3 is 14.7 Å². The summed E-state index contributed by atoms with van der Waals surface area (Å²) in [5.74, 6) is 0.681. The van der Waals surface area contributed by atoms with Gasteiger partial charge in [0.25, 0.3) is 5.91 Å². The fourth-order valence-electron chi connectivity index (χ4n) is 2.42. The van der Waals surface area contributed by atoms with Gasteiger partial charge in [-0.2, -0.15) is 0 Å². The molecule has 4 nitrogen and oxygen atoms in total. The number of hydrogen-bond acceptors (Lipinski definition) is 3. The van der Waals surface area contributed by atoms with Crippen molar-refractivity contribution in [3.05, 3.63) is 29.8 Å². The Morgan fingerprint density at radius 1 is 1.30 bits per heavy atom. The van der Waals surface area contributed by atoms with Crippen LogP contribution in [0.15, 0.2) is 24.3 Å². The quantitative estimate of drug-likeness (QED) is 0.920. The van der Waals surface area contributed by atoms with E-state index in [0.29, 0.717) is 5.75 Å². The summed E-state index contributed by atoms with van der Waals surface area (Å²) in [7, 11) is 0. The average molecular weight is 277 g/mol. The second kappa shape index (κ2) is 7.29. The van der Waals surface area contributed by atoms with Gasteiger partial charge in [0, 0.05) is 13.1 Å². The summed E-state index contributed by atoms with van der Waals surface area (Å²) < 4.78 is 5.55. The molecule has 110 valence electrons. The highest BCUT2D eigenvalue weighted by molar-refractivity contribution is 5.77. The molecule has 0 aliphatic carbocycles. The Morgan fingerprint density at radius 3 is 2.65 bits per heavy atom. The second-order valence-corrected chi connectivity index (χ2v) is 5.33. The predicted octanol–water partition coefficient (Wildman–Crippen LogP) is 2.52. The maximum absolute atomic E-state index is 12.1. The van der Waals surface area contributed by atoms with E-state index in [9.17, 15) is 9.90 Å². The van der Waals surface area contributed by atoms with Crippen molar-refractivity contribution in [2.45, 2.75) is 38.7 Å². The molecule has 1 atom stereocenters. The molecule has 20 heavy (non-hydrogen) atoms. The van der Waals surface area contributed by atoms with E-state index >= 15 is 0 Å². The highest BCUT2D eigenvalue weighted by atomic mass is 16.5. The minimum absolute atomic E-state index is 0.0503. The molecule has 1 unspecified atom stereocenters. The molecule has 1 heterocycles. The van der Waals surface area contributed by atoms with Crippen LogP contribution in [0.2, 0.25) is 0 Å². The Hall–Kier alpha value is -1.55. The van der Waals surface area contributed by atoms with Gasteiger partial charge in [0.1, 0.15) is 5.75 Å². The van der Waals surface area contributed by atoms with Gasteiger partial charge in [-0.05, 0) is 37.5 Å². The standard InChI is InChI=1S/C16H23NO3/c1-13(18)14-7-6-8-15(11-14)20-12-16(19)17-9-4-2-3-5-10-17/h6-8,11,13,18H,2-5,9-10,12H2,1H3. The Morgan fingerprint density at radius 2 is 2.00 bits per heavy atom. The van der Waals surface area contributed by atoms with E-state index in [2.05, 4.69) is 0 Å². The number of rotatable bonds is 4. The molecule has 2 rings (SSSR count). The number of nitrogens with zero attached hydrogens (tertiary/aromatic N) is 1.